The maximum absolute atomic E-state index is 13.2. The van der Waals surface area contributed by atoms with Crippen LogP contribution in [0.25, 0.3) is 0 Å². The van der Waals surface area contributed by atoms with Gasteiger partial charge in [-0.25, -0.2) is 4.39 Å². The zero-order chi connectivity index (χ0) is 13.9. The number of rotatable bonds is 3. The Hall–Kier alpha value is -1.82. The molecular weight excluding hydrogens is 261 g/mol. The number of likely N-dealkylation sites (N-methyl/N-ethyl adjacent to an activating group) is 1. The van der Waals surface area contributed by atoms with Crippen LogP contribution in [0.3, 0.4) is 0 Å². The summed E-state index contributed by atoms with van der Waals surface area (Å²) in [5.41, 5.74) is 5.43. The van der Waals surface area contributed by atoms with Crippen molar-refractivity contribution in [3.05, 3.63) is 34.6 Å². The van der Waals surface area contributed by atoms with Gasteiger partial charge in [-0.05, 0) is 19.1 Å². The minimum absolute atomic E-state index is 0.0248. The van der Waals surface area contributed by atoms with Crippen LogP contribution >= 0.6 is 11.6 Å². The van der Waals surface area contributed by atoms with Gasteiger partial charge in [-0.2, -0.15) is 0 Å². The van der Waals surface area contributed by atoms with Gasteiger partial charge in [-0.3, -0.25) is 4.79 Å². The monoisotopic (exact) mass is 273 g/mol. The normalized spacial score (nSPS) is 13.2. The van der Waals surface area contributed by atoms with Crippen LogP contribution in [0.15, 0.2) is 23.4 Å². The predicted octanol–water partition coefficient (Wildman–Crippen LogP) is 1.69. The molecule has 0 aliphatic carbocycles. The molecular formula is C11H13ClFN3O2. The summed E-state index contributed by atoms with van der Waals surface area (Å²) in [6.07, 6.45) is 0. The Morgan fingerprint density at radius 1 is 1.61 bits per heavy atom. The van der Waals surface area contributed by atoms with Crippen molar-refractivity contribution in [1.29, 1.82) is 0 Å². The molecule has 0 aliphatic rings. The molecule has 0 radical (unpaired) electrons. The second-order valence-electron chi connectivity index (χ2n) is 3.72. The molecule has 1 aromatic carbocycles. The molecule has 1 amide bonds. The third-order valence-corrected chi connectivity index (χ3v) is 3.01. The molecule has 7 heteroatoms. The number of hydrogen-bond acceptors (Lipinski definition) is 3. The third-order valence-electron chi connectivity index (χ3n) is 2.63. The van der Waals surface area contributed by atoms with Crippen molar-refractivity contribution < 1.29 is 14.4 Å². The number of amidine groups is 1. The number of nitrogens with two attached hydrogens (primary N) is 1. The largest absolute Gasteiger partial charge is 0.409 e. The number of hydrogen-bond donors (Lipinski definition) is 2. The van der Waals surface area contributed by atoms with Gasteiger partial charge in [0.05, 0.1) is 16.6 Å². The van der Waals surface area contributed by atoms with E-state index in [-0.39, 0.29) is 16.4 Å². The molecule has 0 heterocycles. The maximum atomic E-state index is 13.2. The van der Waals surface area contributed by atoms with E-state index in [1.54, 1.807) is 6.92 Å². The Bertz CT molecular complexity index is 493. The SMILES string of the molecule is CC(/C(N)=N/O)N(C)C(=O)c1cccc(F)c1Cl. The summed E-state index contributed by atoms with van der Waals surface area (Å²) in [4.78, 5) is 13.3. The molecule has 1 rings (SSSR count). The van der Waals surface area contributed by atoms with Crippen molar-refractivity contribution in [2.75, 3.05) is 7.05 Å². The highest BCUT2D eigenvalue weighted by molar-refractivity contribution is 6.34. The average molecular weight is 274 g/mol. The molecule has 5 nitrogen and oxygen atoms in total. The van der Waals surface area contributed by atoms with Crippen LogP contribution in [0.1, 0.15) is 17.3 Å². The van der Waals surface area contributed by atoms with Gasteiger partial charge in [0.25, 0.3) is 5.91 Å². The summed E-state index contributed by atoms with van der Waals surface area (Å²) in [5, 5.41) is 11.1. The number of carbonyl (C=O) groups is 1. The number of oxime groups is 1. The van der Waals surface area contributed by atoms with Gasteiger partial charge in [-0.15, -0.1) is 0 Å². The second-order valence-corrected chi connectivity index (χ2v) is 4.10. The molecule has 18 heavy (non-hydrogen) atoms. The fourth-order valence-corrected chi connectivity index (χ4v) is 1.52. The molecule has 0 aliphatic heterocycles. The number of amides is 1. The maximum Gasteiger partial charge on any atom is 0.255 e. The lowest BCUT2D eigenvalue weighted by atomic mass is 10.1. The fourth-order valence-electron chi connectivity index (χ4n) is 1.32. The van der Waals surface area contributed by atoms with E-state index in [4.69, 9.17) is 22.5 Å². The summed E-state index contributed by atoms with van der Waals surface area (Å²) in [6, 6.07) is 3.31. The first-order valence-electron chi connectivity index (χ1n) is 5.08. The standard InChI is InChI=1S/C11H13ClFN3O2/c1-6(10(14)15-18)16(2)11(17)7-4-3-5-8(13)9(7)12/h3-6,18H,1-2H3,(H2,14,15). The lowest BCUT2D eigenvalue weighted by Crippen LogP contribution is -2.43. The van der Waals surface area contributed by atoms with E-state index >= 15 is 0 Å². The Morgan fingerprint density at radius 2 is 2.22 bits per heavy atom. The van der Waals surface area contributed by atoms with Crippen molar-refractivity contribution in [1.82, 2.24) is 4.90 Å². The smallest absolute Gasteiger partial charge is 0.255 e. The quantitative estimate of drug-likeness (QED) is 0.381. The molecule has 1 atom stereocenters. The van der Waals surface area contributed by atoms with Crippen LogP contribution in [0.2, 0.25) is 5.02 Å². The topological polar surface area (TPSA) is 78.9 Å². The van der Waals surface area contributed by atoms with Gasteiger partial charge in [0.2, 0.25) is 0 Å². The van der Waals surface area contributed by atoms with Crippen LogP contribution in [0.5, 0.6) is 0 Å². The molecule has 0 spiro atoms. The Kier molecular flexibility index (Phi) is 4.49. The highest BCUT2D eigenvalue weighted by Gasteiger charge is 2.23. The molecule has 0 bridgehead atoms. The first-order valence-corrected chi connectivity index (χ1v) is 5.46. The van der Waals surface area contributed by atoms with E-state index in [1.807, 2.05) is 0 Å². The molecule has 1 unspecified atom stereocenters. The first kappa shape index (κ1) is 14.2. The lowest BCUT2D eigenvalue weighted by Gasteiger charge is -2.24. The van der Waals surface area contributed by atoms with Gasteiger partial charge in [0.15, 0.2) is 5.84 Å². The number of nitrogens with zero attached hydrogens (tertiary/aromatic N) is 2. The van der Waals surface area contributed by atoms with E-state index in [0.717, 1.165) is 6.07 Å². The summed E-state index contributed by atoms with van der Waals surface area (Å²) in [5.74, 6) is -1.32. The summed E-state index contributed by atoms with van der Waals surface area (Å²) >= 11 is 5.72. The van der Waals surface area contributed by atoms with Crippen LogP contribution in [0.4, 0.5) is 4.39 Å². The minimum atomic E-state index is -0.674. The third kappa shape index (κ3) is 2.70. The zero-order valence-electron chi connectivity index (χ0n) is 9.89. The Labute approximate surface area is 109 Å². The van der Waals surface area contributed by atoms with E-state index < -0.39 is 17.8 Å². The van der Waals surface area contributed by atoms with Crippen molar-refractivity contribution in [3.8, 4) is 0 Å². The predicted molar refractivity (Wildman–Crippen MR) is 66.4 cm³/mol. The van der Waals surface area contributed by atoms with Crippen LogP contribution in [-0.2, 0) is 0 Å². The molecule has 98 valence electrons. The van der Waals surface area contributed by atoms with Crippen molar-refractivity contribution >= 4 is 23.3 Å². The summed E-state index contributed by atoms with van der Waals surface area (Å²) in [7, 11) is 1.45. The summed E-state index contributed by atoms with van der Waals surface area (Å²) < 4.78 is 13.2. The highest BCUT2D eigenvalue weighted by Crippen LogP contribution is 2.21. The van der Waals surface area contributed by atoms with E-state index in [1.165, 1.54) is 24.1 Å². The zero-order valence-corrected chi connectivity index (χ0v) is 10.6. The van der Waals surface area contributed by atoms with E-state index in [9.17, 15) is 9.18 Å². The Balaban J connectivity index is 3.04. The molecule has 1 aromatic rings. The first-order chi connectivity index (χ1) is 8.40. The van der Waals surface area contributed by atoms with Crippen molar-refractivity contribution in [3.63, 3.8) is 0 Å². The van der Waals surface area contributed by atoms with Crippen molar-refractivity contribution in [2.45, 2.75) is 13.0 Å². The highest BCUT2D eigenvalue weighted by atomic mass is 35.5. The fraction of sp³-hybridized carbons (Fsp3) is 0.273. The van der Waals surface area contributed by atoms with Gasteiger partial charge < -0.3 is 15.8 Å². The number of benzene rings is 1. The van der Waals surface area contributed by atoms with E-state index in [2.05, 4.69) is 5.16 Å². The van der Waals surface area contributed by atoms with E-state index in [0.29, 0.717) is 0 Å². The Morgan fingerprint density at radius 3 is 2.78 bits per heavy atom. The molecule has 0 fully saturated rings. The van der Waals surface area contributed by atoms with Crippen LogP contribution < -0.4 is 5.73 Å². The van der Waals surface area contributed by atoms with Gasteiger partial charge in [0, 0.05) is 7.05 Å². The molecule has 0 saturated heterocycles. The van der Waals surface area contributed by atoms with Crippen LogP contribution in [0, 0.1) is 5.82 Å². The van der Waals surface area contributed by atoms with Gasteiger partial charge in [0.1, 0.15) is 5.82 Å². The minimum Gasteiger partial charge on any atom is -0.409 e. The lowest BCUT2D eigenvalue weighted by molar-refractivity contribution is 0.0776. The number of carbonyl (C=O) groups excluding carboxylic acids is 1. The summed E-state index contributed by atoms with van der Waals surface area (Å²) in [6.45, 7) is 1.57. The average Bonchev–Trinajstić information content (AvgIpc) is 2.38. The molecule has 3 N–H and O–H groups in total. The van der Waals surface area contributed by atoms with Crippen molar-refractivity contribution in [2.24, 2.45) is 10.9 Å². The van der Waals surface area contributed by atoms with Crippen LogP contribution in [-0.4, -0.2) is 34.9 Å². The van der Waals surface area contributed by atoms with Gasteiger partial charge >= 0.3 is 0 Å². The second kappa shape index (κ2) is 5.68. The molecule has 0 saturated carbocycles. The van der Waals surface area contributed by atoms with Gasteiger partial charge in [-0.1, -0.05) is 22.8 Å². The molecule has 0 aromatic heterocycles. The number of halogens is 2.